The largest absolute Gasteiger partial charge is 0.462 e. The van der Waals surface area contributed by atoms with Gasteiger partial charge in [-0.05, 0) is 113 Å². The highest BCUT2D eigenvalue weighted by Crippen LogP contribution is 2.76. The normalized spacial score (nSPS) is 49.9. The van der Waals surface area contributed by atoms with Gasteiger partial charge in [-0.25, -0.2) is 0 Å². The van der Waals surface area contributed by atoms with Crippen LogP contribution in [0, 0.1) is 45.3 Å². The van der Waals surface area contributed by atoms with E-state index in [1.807, 2.05) is 13.8 Å². The van der Waals surface area contributed by atoms with Crippen molar-refractivity contribution >= 4 is 11.9 Å². The highest BCUT2D eigenvalue weighted by molar-refractivity contribution is 5.66. The molecule has 0 radical (unpaired) electrons. The Labute approximate surface area is 242 Å². The Kier molecular flexibility index (Phi) is 7.15. The number of carbonyl (C=O) groups is 2. The quantitative estimate of drug-likeness (QED) is 0.379. The van der Waals surface area contributed by atoms with E-state index in [1.165, 1.54) is 6.92 Å². The molecule has 0 spiro atoms. The van der Waals surface area contributed by atoms with E-state index < -0.39 is 5.60 Å². The second-order valence-electron chi connectivity index (χ2n) is 16.6. The predicted molar refractivity (Wildman–Crippen MR) is 154 cm³/mol. The van der Waals surface area contributed by atoms with E-state index in [0.717, 1.165) is 57.8 Å². The fourth-order valence-electron chi connectivity index (χ4n) is 11.8. The van der Waals surface area contributed by atoms with Crippen molar-refractivity contribution in [2.75, 3.05) is 0 Å². The van der Waals surface area contributed by atoms with Gasteiger partial charge in [-0.3, -0.25) is 9.59 Å². The number of hydrogen-bond donors (Lipinski definition) is 1. The smallest absolute Gasteiger partial charge is 0.302 e. The average Bonchev–Trinajstić information content (AvgIpc) is 3.39. The van der Waals surface area contributed by atoms with E-state index >= 15 is 0 Å². The van der Waals surface area contributed by atoms with Crippen LogP contribution in [0.3, 0.4) is 0 Å². The molecule has 5 aliphatic rings. The molecule has 0 bridgehead atoms. The summed E-state index contributed by atoms with van der Waals surface area (Å²) in [6, 6.07) is 0. The summed E-state index contributed by atoms with van der Waals surface area (Å²) in [4.78, 5) is 24.6. The molecule has 0 aromatic carbocycles. The van der Waals surface area contributed by atoms with Gasteiger partial charge in [0.1, 0.15) is 12.2 Å². The van der Waals surface area contributed by atoms with Crippen LogP contribution in [0.1, 0.15) is 127 Å². The standard InChI is InChI=1S/C34H56O6/c1-20(35)38-23-19-25-31(7)15-13-26(39-21(2)36)29(3,4)24(31)12-17-32(25,8)33(9)16-11-22(28(23)33)34(10)18-14-27(40-34)30(5,6)37/h22-28,37H,11-19H2,1-10H3/t22-,23+,24?,25?,26+,27-,28?,31-,32+,33+,34?/m0/s1. The molecule has 6 heteroatoms. The van der Waals surface area contributed by atoms with Crippen LogP contribution >= 0.6 is 0 Å². The highest BCUT2D eigenvalue weighted by Gasteiger charge is 2.72. The van der Waals surface area contributed by atoms with Gasteiger partial charge in [-0.2, -0.15) is 0 Å². The van der Waals surface area contributed by atoms with Crippen LogP contribution in [0.2, 0.25) is 0 Å². The third-order valence-corrected chi connectivity index (χ3v) is 13.8. The lowest BCUT2D eigenvalue weighted by Crippen LogP contribution is -2.67. The van der Waals surface area contributed by atoms with Crippen LogP contribution in [-0.4, -0.2) is 46.6 Å². The van der Waals surface area contributed by atoms with Crippen molar-refractivity contribution in [1.82, 2.24) is 0 Å². The lowest BCUT2D eigenvalue weighted by Gasteiger charge is -2.70. The second-order valence-corrected chi connectivity index (χ2v) is 16.6. The van der Waals surface area contributed by atoms with Crippen LogP contribution in [0.15, 0.2) is 0 Å². The Morgan fingerprint density at radius 3 is 2.00 bits per heavy atom. The molecule has 0 aromatic rings. The van der Waals surface area contributed by atoms with Gasteiger partial charge in [0, 0.05) is 25.2 Å². The molecule has 11 atom stereocenters. The summed E-state index contributed by atoms with van der Waals surface area (Å²) in [5.41, 5.74) is -1.10. The summed E-state index contributed by atoms with van der Waals surface area (Å²) in [6.45, 7) is 21.2. The topological polar surface area (TPSA) is 82.1 Å². The number of aliphatic hydroxyl groups is 1. The van der Waals surface area contributed by atoms with Gasteiger partial charge < -0.3 is 19.3 Å². The Morgan fingerprint density at radius 1 is 0.800 bits per heavy atom. The van der Waals surface area contributed by atoms with Crippen LogP contribution < -0.4 is 0 Å². The van der Waals surface area contributed by atoms with Gasteiger partial charge >= 0.3 is 11.9 Å². The minimum atomic E-state index is -0.872. The van der Waals surface area contributed by atoms with Crippen LogP contribution in [-0.2, 0) is 23.8 Å². The van der Waals surface area contributed by atoms with Crippen LogP contribution in [0.4, 0.5) is 0 Å². The molecule has 228 valence electrons. The van der Waals surface area contributed by atoms with Crippen LogP contribution in [0.5, 0.6) is 0 Å². The van der Waals surface area contributed by atoms with E-state index in [0.29, 0.717) is 11.8 Å². The second kappa shape index (κ2) is 9.43. The van der Waals surface area contributed by atoms with Crippen LogP contribution in [0.25, 0.3) is 0 Å². The zero-order valence-electron chi connectivity index (χ0n) is 26.9. The molecule has 0 amide bonds. The first-order valence-corrected chi connectivity index (χ1v) is 16.0. The van der Waals surface area contributed by atoms with Crippen molar-refractivity contribution < 1.29 is 28.9 Å². The molecule has 1 saturated heterocycles. The molecule has 1 aliphatic heterocycles. The minimum Gasteiger partial charge on any atom is -0.462 e. The van der Waals surface area contributed by atoms with E-state index in [-0.39, 0.29) is 69.3 Å². The fourth-order valence-corrected chi connectivity index (χ4v) is 11.8. The van der Waals surface area contributed by atoms with Gasteiger partial charge in [0.15, 0.2) is 0 Å². The molecule has 40 heavy (non-hydrogen) atoms. The number of esters is 2. The average molecular weight is 561 g/mol. The minimum absolute atomic E-state index is 0.0186. The zero-order valence-corrected chi connectivity index (χ0v) is 26.9. The SMILES string of the molecule is CC(=O)O[C@@H]1CC2[C@@]3(C)CC[C@@H](OC(C)=O)C(C)(C)C3CC[C@@]2(C)[C@]2(C)CC[C@H](C3(C)CC[C@@H](C(C)(C)O)O3)C12. The highest BCUT2D eigenvalue weighted by atomic mass is 16.6. The molecule has 4 unspecified atom stereocenters. The molecule has 1 heterocycles. The lowest BCUT2D eigenvalue weighted by atomic mass is 9.35. The lowest BCUT2D eigenvalue weighted by molar-refractivity contribution is -0.254. The van der Waals surface area contributed by atoms with Crippen molar-refractivity contribution in [1.29, 1.82) is 0 Å². The maximum Gasteiger partial charge on any atom is 0.302 e. The number of hydrogen-bond acceptors (Lipinski definition) is 6. The van der Waals surface area contributed by atoms with Crippen molar-refractivity contribution in [2.24, 2.45) is 45.3 Å². The van der Waals surface area contributed by atoms with Gasteiger partial charge in [0.2, 0.25) is 0 Å². The number of fused-ring (bicyclic) bond motifs is 5. The fraction of sp³-hybridized carbons (Fsp3) is 0.941. The zero-order chi connectivity index (χ0) is 29.7. The van der Waals surface area contributed by atoms with Gasteiger partial charge in [-0.15, -0.1) is 0 Å². The number of rotatable bonds is 4. The Bertz CT molecular complexity index is 1030. The molecular weight excluding hydrogens is 504 g/mol. The Balaban J connectivity index is 1.52. The molecule has 5 rings (SSSR count). The van der Waals surface area contributed by atoms with Crippen molar-refractivity contribution in [3.05, 3.63) is 0 Å². The van der Waals surface area contributed by atoms with Gasteiger partial charge in [0.05, 0.1) is 17.3 Å². The van der Waals surface area contributed by atoms with E-state index in [4.69, 9.17) is 14.2 Å². The maximum atomic E-state index is 12.6. The van der Waals surface area contributed by atoms with Crippen molar-refractivity contribution in [3.8, 4) is 0 Å². The Hall–Kier alpha value is -1.14. The van der Waals surface area contributed by atoms with Gasteiger partial charge in [0.25, 0.3) is 0 Å². The Morgan fingerprint density at radius 2 is 1.43 bits per heavy atom. The third-order valence-electron chi connectivity index (χ3n) is 13.8. The summed E-state index contributed by atoms with van der Waals surface area (Å²) in [6.07, 6.45) is 8.68. The molecule has 6 nitrogen and oxygen atoms in total. The van der Waals surface area contributed by atoms with Gasteiger partial charge in [-0.1, -0.05) is 34.6 Å². The van der Waals surface area contributed by atoms with Crippen molar-refractivity contribution in [3.63, 3.8) is 0 Å². The first-order chi connectivity index (χ1) is 18.3. The third kappa shape index (κ3) is 4.31. The first kappa shape index (κ1) is 30.3. The first-order valence-electron chi connectivity index (χ1n) is 16.0. The monoisotopic (exact) mass is 560 g/mol. The summed E-state index contributed by atoms with van der Waals surface area (Å²) in [7, 11) is 0. The molecule has 4 saturated carbocycles. The summed E-state index contributed by atoms with van der Waals surface area (Å²) >= 11 is 0. The van der Waals surface area contributed by atoms with Crippen molar-refractivity contribution in [2.45, 2.75) is 157 Å². The molecule has 1 N–H and O–H groups in total. The number of ether oxygens (including phenoxy) is 3. The maximum absolute atomic E-state index is 12.6. The summed E-state index contributed by atoms with van der Waals surface area (Å²) < 4.78 is 19.0. The van der Waals surface area contributed by atoms with E-state index in [1.54, 1.807) is 6.92 Å². The molecule has 0 aromatic heterocycles. The summed E-state index contributed by atoms with van der Waals surface area (Å²) in [5.74, 6) is 1.00. The molecule has 4 aliphatic carbocycles. The predicted octanol–water partition coefficient (Wildman–Crippen LogP) is 6.85. The molecular formula is C34H56O6. The number of carbonyl (C=O) groups excluding carboxylic acids is 2. The molecule has 5 fully saturated rings. The van der Waals surface area contributed by atoms with E-state index in [9.17, 15) is 14.7 Å². The van der Waals surface area contributed by atoms with E-state index in [2.05, 4.69) is 41.5 Å². The summed E-state index contributed by atoms with van der Waals surface area (Å²) in [5, 5.41) is 10.8.